The summed E-state index contributed by atoms with van der Waals surface area (Å²) in [5, 5.41) is 11.3. The van der Waals surface area contributed by atoms with Gasteiger partial charge in [-0.25, -0.2) is 0 Å². The van der Waals surface area contributed by atoms with Crippen LogP contribution in [0.2, 0.25) is 24.2 Å². The predicted octanol–water partition coefficient (Wildman–Crippen LogP) is 6.59. The number of aliphatic hydroxyl groups is 1. The van der Waals surface area contributed by atoms with Crippen molar-refractivity contribution < 1.29 is 5.11 Å². The Labute approximate surface area is 153 Å². The van der Waals surface area contributed by atoms with E-state index in [1.54, 1.807) is 0 Å². The van der Waals surface area contributed by atoms with Crippen LogP contribution in [0.1, 0.15) is 73.6 Å². The summed E-state index contributed by atoms with van der Waals surface area (Å²) < 4.78 is 0. The summed E-state index contributed by atoms with van der Waals surface area (Å²) in [5.41, 5.74) is 1.48. The van der Waals surface area contributed by atoms with Crippen molar-refractivity contribution in [2.75, 3.05) is 0 Å². The van der Waals surface area contributed by atoms with Crippen LogP contribution in [0.15, 0.2) is 0 Å². The Morgan fingerprint density at radius 2 is 1.42 bits per heavy atom. The molecular formula is C22H44OSi. The van der Waals surface area contributed by atoms with Crippen molar-refractivity contribution in [3.8, 4) is 0 Å². The Morgan fingerprint density at radius 3 is 1.92 bits per heavy atom. The number of hydrogen-bond donors (Lipinski definition) is 1. The van der Waals surface area contributed by atoms with E-state index < -0.39 is 8.07 Å². The molecule has 0 spiro atoms. The second kappa shape index (κ2) is 7.82. The highest BCUT2D eigenvalue weighted by Gasteiger charge is 2.54. The topological polar surface area (TPSA) is 20.2 Å². The summed E-state index contributed by atoms with van der Waals surface area (Å²) in [6.45, 7) is 19.9. The lowest BCUT2D eigenvalue weighted by Crippen LogP contribution is -2.50. The maximum Gasteiger partial charge on any atom is 0.0573 e. The van der Waals surface area contributed by atoms with Crippen LogP contribution in [-0.2, 0) is 0 Å². The van der Waals surface area contributed by atoms with Crippen LogP contribution in [-0.4, -0.2) is 19.3 Å². The van der Waals surface area contributed by atoms with Crippen molar-refractivity contribution in [3.05, 3.63) is 0 Å². The lowest BCUT2D eigenvalue weighted by molar-refractivity contribution is 0.0430. The summed E-state index contributed by atoms with van der Waals surface area (Å²) in [6.07, 6.45) is 6.29. The molecule has 0 bridgehead atoms. The van der Waals surface area contributed by atoms with Crippen molar-refractivity contribution in [1.82, 2.24) is 0 Å². The molecule has 1 N–H and O–H groups in total. The smallest absolute Gasteiger partial charge is 0.0573 e. The van der Waals surface area contributed by atoms with Gasteiger partial charge in [0.2, 0.25) is 0 Å². The van der Waals surface area contributed by atoms with Crippen molar-refractivity contribution in [2.45, 2.75) is 104 Å². The SMILES string of the molecule is CCCCC1CC(C)CC([Si](C)(C)C2C(C)C(C)C(C)C2C)C1O. The van der Waals surface area contributed by atoms with Gasteiger partial charge in [0.25, 0.3) is 0 Å². The Balaban J connectivity index is 2.23. The van der Waals surface area contributed by atoms with E-state index in [-0.39, 0.29) is 6.10 Å². The third-order valence-corrected chi connectivity index (χ3v) is 13.9. The number of hydrogen-bond acceptors (Lipinski definition) is 1. The molecule has 0 aromatic carbocycles. The minimum atomic E-state index is -1.52. The lowest BCUT2D eigenvalue weighted by Gasteiger charge is -2.49. The Bertz CT molecular complexity index is 393. The maximum absolute atomic E-state index is 11.3. The van der Waals surface area contributed by atoms with E-state index in [4.69, 9.17) is 0 Å². The highest BCUT2D eigenvalue weighted by Crippen LogP contribution is 2.59. The minimum absolute atomic E-state index is 0.0278. The van der Waals surface area contributed by atoms with Crippen LogP contribution in [0.5, 0.6) is 0 Å². The molecule has 0 saturated heterocycles. The maximum atomic E-state index is 11.3. The van der Waals surface area contributed by atoms with E-state index in [0.717, 1.165) is 35.1 Å². The molecule has 2 rings (SSSR count). The van der Waals surface area contributed by atoms with Gasteiger partial charge in [-0.2, -0.15) is 0 Å². The molecule has 2 aliphatic rings. The fourth-order valence-electron chi connectivity index (χ4n) is 6.85. The first-order chi connectivity index (χ1) is 11.1. The molecule has 0 radical (unpaired) electrons. The summed E-state index contributed by atoms with van der Waals surface area (Å²) in [4.78, 5) is 0. The van der Waals surface area contributed by atoms with E-state index in [1.807, 2.05) is 0 Å². The third-order valence-electron chi connectivity index (χ3n) is 8.62. The van der Waals surface area contributed by atoms with Gasteiger partial charge >= 0.3 is 0 Å². The van der Waals surface area contributed by atoms with Gasteiger partial charge in [-0.1, -0.05) is 67.5 Å². The lowest BCUT2D eigenvalue weighted by atomic mass is 9.77. The molecule has 1 nitrogen and oxygen atoms in total. The first-order valence-corrected chi connectivity index (χ1v) is 14.0. The van der Waals surface area contributed by atoms with Gasteiger partial charge in [-0.05, 0) is 65.9 Å². The van der Waals surface area contributed by atoms with Gasteiger partial charge in [0.15, 0.2) is 0 Å². The van der Waals surface area contributed by atoms with Crippen molar-refractivity contribution in [3.63, 3.8) is 0 Å². The molecule has 2 saturated carbocycles. The molecule has 24 heavy (non-hydrogen) atoms. The van der Waals surface area contributed by atoms with Gasteiger partial charge in [0, 0.05) is 0 Å². The first kappa shape index (κ1) is 20.5. The molecule has 0 aliphatic heterocycles. The molecule has 0 amide bonds. The molecular weight excluding hydrogens is 308 g/mol. The van der Waals surface area contributed by atoms with Gasteiger partial charge in [-0.3, -0.25) is 0 Å². The van der Waals surface area contributed by atoms with Crippen molar-refractivity contribution in [1.29, 1.82) is 0 Å². The molecule has 2 aliphatic carbocycles. The Hall–Kier alpha value is 0.177. The van der Waals surface area contributed by atoms with E-state index in [0.29, 0.717) is 11.5 Å². The Morgan fingerprint density at radius 1 is 0.875 bits per heavy atom. The number of rotatable bonds is 5. The van der Waals surface area contributed by atoms with E-state index in [2.05, 4.69) is 54.6 Å². The average molecular weight is 353 g/mol. The quantitative estimate of drug-likeness (QED) is 0.553. The van der Waals surface area contributed by atoms with Crippen LogP contribution in [0, 0.1) is 35.5 Å². The summed E-state index contributed by atoms with van der Waals surface area (Å²) >= 11 is 0. The summed E-state index contributed by atoms with van der Waals surface area (Å²) in [7, 11) is -1.52. The zero-order valence-corrected chi connectivity index (χ0v) is 18.7. The van der Waals surface area contributed by atoms with Gasteiger partial charge in [-0.15, -0.1) is 0 Å². The molecule has 0 aromatic heterocycles. The van der Waals surface area contributed by atoms with E-state index in [1.165, 1.54) is 32.1 Å². The van der Waals surface area contributed by atoms with Gasteiger partial charge in [0.1, 0.15) is 0 Å². The Kier molecular flexibility index (Phi) is 6.68. The third kappa shape index (κ3) is 3.65. The second-order valence-electron chi connectivity index (χ2n) is 10.4. The van der Waals surface area contributed by atoms with E-state index >= 15 is 0 Å². The fourth-order valence-corrected chi connectivity index (χ4v) is 12.8. The van der Waals surface area contributed by atoms with Crippen LogP contribution in [0.25, 0.3) is 0 Å². The standard InChI is InChI=1S/C22H44OSi/c1-9-10-11-19-12-14(2)13-20(21(19)23)24(7,8)22-17(5)15(3)16(4)18(22)6/h14-23H,9-13H2,1-8H3. The molecule has 2 fully saturated rings. The van der Waals surface area contributed by atoms with Crippen molar-refractivity contribution in [2.24, 2.45) is 35.5 Å². The number of unbranched alkanes of at least 4 members (excludes halogenated alkanes) is 1. The second-order valence-corrected chi connectivity index (χ2v) is 15.4. The van der Waals surface area contributed by atoms with Crippen LogP contribution in [0.3, 0.4) is 0 Å². The summed E-state index contributed by atoms with van der Waals surface area (Å²) in [6, 6.07) is 0. The minimum Gasteiger partial charge on any atom is -0.393 e. The number of aliphatic hydroxyl groups excluding tert-OH is 1. The van der Waals surface area contributed by atoms with Crippen LogP contribution >= 0.6 is 0 Å². The monoisotopic (exact) mass is 352 g/mol. The van der Waals surface area contributed by atoms with Crippen LogP contribution < -0.4 is 0 Å². The molecule has 0 aromatic rings. The first-order valence-electron chi connectivity index (χ1n) is 10.8. The van der Waals surface area contributed by atoms with Gasteiger partial charge < -0.3 is 5.11 Å². The molecule has 0 heterocycles. The fraction of sp³-hybridized carbons (Fsp3) is 1.00. The summed E-state index contributed by atoms with van der Waals surface area (Å²) in [5.74, 6) is 4.70. The zero-order chi connectivity index (χ0) is 18.2. The van der Waals surface area contributed by atoms with E-state index in [9.17, 15) is 5.11 Å². The largest absolute Gasteiger partial charge is 0.393 e. The average Bonchev–Trinajstić information content (AvgIpc) is 2.71. The normalized spacial score (nSPS) is 47.1. The highest BCUT2D eigenvalue weighted by atomic mass is 28.3. The predicted molar refractivity (Wildman–Crippen MR) is 109 cm³/mol. The molecule has 142 valence electrons. The van der Waals surface area contributed by atoms with Crippen LogP contribution in [0.4, 0.5) is 0 Å². The molecule has 2 heteroatoms. The zero-order valence-electron chi connectivity index (χ0n) is 17.7. The molecule has 8 atom stereocenters. The van der Waals surface area contributed by atoms with Crippen molar-refractivity contribution >= 4 is 8.07 Å². The highest BCUT2D eigenvalue weighted by molar-refractivity contribution is 6.80. The van der Waals surface area contributed by atoms with Gasteiger partial charge in [0.05, 0.1) is 14.2 Å². The molecule has 8 unspecified atom stereocenters.